The molecule has 2 saturated heterocycles. The molecular formula is C20H31Cl3FN3O. The molecule has 160 valence electrons. The van der Waals surface area contributed by atoms with E-state index < -0.39 is 0 Å². The summed E-state index contributed by atoms with van der Waals surface area (Å²) in [6, 6.07) is 4.80. The topological polar surface area (TPSA) is 35.6 Å². The Bertz CT molecular complexity index is 600. The summed E-state index contributed by atoms with van der Waals surface area (Å²) in [4.78, 5) is 16.8. The number of rotatable bonds is 5. The molecule has 3 rings (SSSR count). The minimum Gasteiger partial charge on any atom is -0.340 e. The van der Waals surface area contributed by atoms with Crippen LogP contribution >= 0.6 is 36.4 Å². The van der Waals surface area contributed by atoms with Gasteiger partial charge in [-0.2, -0.15) is 0 Å². The molecule has 0 saturated carbocycles. The summed E-state index contributed by atoms with van der Waals surface area (Å²) in [5, 5.41) is 3.90. The van der Waals surface area contributed by atoms with Crippen LogP contribution in [0.1, 0.15) is 31.7 Å². The molecule has 0 aliphatic carbocycles. The van der Waals surface area contributed by atoms with Crippen molar-refractivity contribution in [3.05, 3.63) is 34.6 Å². The Kier molecular flexibility index (Phi) is 11.1. The lowest BCUT2D eigenvalue weighted by Crippen LogP contribution is -2.49. The van der Waals surface area contributed by atoms with Crippen LogP contribution < -0.4 is 5.32 Å². The molecule has 2 aliphatic heterocycles. The van der Waals surface area contributed by atoms with E-state index in [1.807, 2.05) is 4.90 Å². The van der Waals surface area contributed by atoms with Crippen LogP contribution in [-0.2, 0) is 11.3 Å². The smallest absolute Gasteiger partial charge is 0.222 e. The monoisotopic (exact) mass is 453 g/mol. The summed E-state index contributed by atoms with van der Waals surface area (Å²) in [5.41, 5.74) is 0.548. The van der Waals surface area contributed by atoms with Crippen LogP contribution in [0.5, 0.6) is 0 Å². The van der Waals surface area contributed by atoms with Gasteiger partial charge in [-0.15, -0.1) is 24.8 Å². The Balaban J connectivity index is 0.00000196. The van der Waals surface area contributed by atoms with Crippen LogP contribution in [0.4, 0.5) is 4.39 Å². The van der Waals surface area contributed by atoms with Gasteiger partial charge in [-0.1, -0.05) is 24.6 Å². The summed E-state index contributed by atoms with van der Waals surface area (Å²) >= 11 is 6.12. The van der Waals surface area contributed by atoms with Crippen LogP contribution in [0.3, 0.4) is 0 Å². The SMILES string of the molecule is CC(CC(=O)N1CCN(Cc2c(F)cccc2Cl)CC1)C1CCCNC1.Cl.Cl. The van der Waals surface area contributed by atoms with Crippen molar-refractivity contribution in [2.24, 2.45) is 11.8 Å². The first-order valence-electron chi connectivity index (χ1n) is 9.68. The van der Waals surface area contributed by atoms with E-state index in [0.717, 1.165) is 26.2 Å². The number of halogens is 4. The molecule has 2 heterocycles. The molecule has 2 unspecified atom stereocenters. The number of nitrogens with one attached hydrogen (secondary N) is 1. The molecule has 1 N–H and O–H groups in total. The van der Waals surface area contributed by atoms with E-state index in [-0.39, 0.29) is 36.5 Å². The maximum atomic E-state index is 13.9. The van der Waals surface area contributed by atoms with Crippen molar-refractivity contribution in [2.45, 2.75) is 32.7 Å². The van der Waals surface area contributed by atoms with Crippen molar-refractivity contribution in [3.8, 4) is 0 Å². The Morgan fingerprint density at radius 2 is 2.00 bits per heavy atom. The van der Waals surface area contributed by atoms with Gasteiger partial charge in [-0.25, -0.2) is 4.39 Å². The number of piperazine rings is 1. The molecule has 1 amide bonds. The van der Waals surface area contributed by atoms with Crippen LogP contribution in [0.15, 0.2) is 18.2 Å². The molecule has 4 nitrogen and oxygen atoms in total. The average Bonchev–Trinajstić information content (AvgIpc) is 2.66. The minimum atomic E-state index is -0.258. The standard InChI is InChI=1S/C20H29ClFN3O.2ClH/c1-15(16-4-3-7-23-13-16)12-20(26)25-10-8-24(9-11-25)14-17-18(21)5-2-6-19(17)22;;/h2,5-6,15-16,23H,3-4,7-14H2,1H3;2*1H. The molecule has 0 bridgehead atoms. The third kappa shape index (κ3) is 6.74. The fourth-order valence-corrected chi connectivity index (χ4v) is 4.22. The van der Waals surface area contributed by atoms with Crippen molar-refractivity contribution in [1.29, 1.82) is 0 Å². The van der Waals surface area contributed by atoms with Crippen LogP contribution in [-0.4, -0.2) is 55.0 Å². The predicted molar refractivity (Wildman–Crippen MR) is 117 cm³/mol. The van der Waals surface area contributed by atoms with Crippen molar-refractivity contribution in [3.63, 3.8) is 0 Å². The first-order chi connectivity index (χ1) is 12.5. The molecular weight excluding hydrogens is 424 g/mol. The van der Waals surface area contributed by atoms with Gasteiger partial charge in [0.15, 0.2) is 0 Å². The van der Waals surface area contributed by atoms with E-state index in [1.165, 1.54) is 18.9 Å². The van der Waals surface area contributed by atoms with E-state index in [2.05, 4.69) is 17.1 Å². The zero-order valence-electron chi connectivity index (χ0n) is 16.3. The maximum absolute atomic E-state index is 13.9. The summed E-state index contributed by atoms with van der Waals surface area (Å²) in [7, 11) is 0. The third-order valence-corrected chi connectivity index (χ3v) is 6.16. The summed E-state index contributed by atoms with van der Waals surface area (Å²) in [6.45, 7) is 7.77. The van der Waals surface area contributed by atoms with Crippen LogP contribution in [0.25, 0.3) is 0 Å². The number of carbonyl (C=O) groups is 1. The number of hydrogen-bond acceptors (Lipinski definition) is 3. The number of nitrogens with zero attached hydrogens (tertiary/aromatic N) is 2. The number of benzene rings is 1. The zero-order valence-corrected chi connectivity index (χ0v) is 18.7. The lowest BCUT2D eigenvalue weighted by atomic mass is 9.85. The molecule has 2 fully saturated rings. The van der Waals surface area contributed by atoms with Crippen molar-refractivity contribution < 1.29 is 9.18 Å². The second-order valence-electron chi connectivity index (χ2n) is 7.64. The van der Waals surface area contributed by atoms with Gasteiger partial charge in [-0.05, 0) is 49.9 Å². The second-order valence-corrected chi connectivity index (χ2v) is 8.05. The van der Waals surface area contributed by atoms with Gasteiger partial charge < -0.3 is 10.2 Å². The van der Waals surface area contributed by atoms with Gasteiger partial charge in [-0.3, -0.25) is 9.69 Å². The molecule has 0 aromatic heterocycles. The lowest BCUT2D eigenvalue weighted by molar-refractivity contribution is -0.134. The van der Waals surface area contributed by atoms with E-state index in [9.17, 15) is 9.18 Å². The maximum Gasteiger partial charge on any atom is 0.222 e. The fourth-order valence-electron chi connectivity index (χ4n) is 4.00. The van der Waals surface area contributed by atoms with Gasteiger partial charge in [0.1, 0.15) is 5.82 Å². The van der Waals surface area contributed by atoms with E-state index in [0.29, 0.717) is 48.5 Å². The first-order valence-corrected chi connectivity index (χ1v) is 10.1. The highest BCUT2D eigenvalue weighted by molar-refractivity contribution is 6.31. The third-order valence-electron chi connectivity index (χ3n) is 5.80. The lowest BCUT2D eigenvalue weighted by Gasteiger charge is -2.36. The first kappa shape index (κ1) is 25.4. The number of carbonyl (C=O) groups excluding carboxylic acids is 1. The Morgan fingerprint density at radius 3 is 2.61 bits per heavy atom. The van der Waals surface area contributed by atoms with Gasteiger partial charge in [0.25, 0.3) is 0 Å². The highest BCUT2D eigenvalue weighted by Crippen LogP contribution is 2.24. The van der Waals surface area contributed by atoms with E-state index in [1.54, 1.807) is 12.1 Å². The second kappa shape index (κ2) is 12.2. The quantitative estimate of drug-likeness (QED) is 0.730. The Labute approximate surface area is 185 Å². The van der Waals surface area contributed by atoms with Crippen molar-refractivity contribution in [2.75, 3.05) is 39.3 Å². The van der Waals surface area contributed by atoms with Gasteiger partial charge in [0.05, 0.1) is 0 Å². The number of hydrogen-bond donors (Lipinski definition) is 1. The molecule has 1 aromatic rings. The molecule has 2 atom stereocenters. The van der Waals surface area contributed by atoms with Crippen LogP contribution in [0.2, 0.25) is 5.02 Å². The highest BCUT2D eigenvalue weighted by Gasteiger charge is 2.26. The van der Waals surface area contributed by atoms with Gasteiger partial charge >= 0.3 is 0 Å². The summed E-state index contributed by atoms with van der Waals surface area (Å²) in [5.74, 6) is 1.03. The highest BCUT2D eigenvalue weighted by atomic mass is 35.5. The van der Waals surface area contributed by atoms with Gasteiger partial charge in [0.2, 0.25) is 5.91 Å². The Hall–Kier alpha value is -0.590. The predicted octanol–water partition coefficient (Wildman–Crippen LogP) is 3.99. The molecule has 28 heavy (non-hydrogen) atoms. The van der Waals surface area contributed by atoms with Crippen LogP contribution in [0, 0.1) is 17.7 Å². The molecule has 8 heteroatoms. The molecule has 0 spiro atoms. The normalized spacial score (nSPS) is 21.4. The largest absolute Gasteiger partial charge is 0.340 e. The molecule has 1 aromatic carbocycles. The van der Waals surface area contributed by atoms with Crippen molar-refractivity contribution in [1.82, 2.24) is 15.1 Å². The summed E-state index contributed by atoms with van der Waals surface area (Å²) in [6.07, 6.45) is 3.06. The van der Waals surface area contributed by atoms with E-state index >= 15 is 0 Å². The molecule has 2 aliphatic rings. The molecule has 0 radical (unpaired) electrons. The Morgan fingerprint density at radius 1 is 1.29 bits per heavy atom. The summed E-state index contributed by atoms with van der Waals surface area (Å²) < 4.78 is 13.9. The number of amides is 1. The average molecular weight is 455 g/mol. The fraction of sp³-hybridized carbons (Fsp3) is 0.650. The number of piperidine rings is 1. The zero-order chi connectivity index (χ0) is 18.5. The van der Waals surface area contributed by atoms with E-state index in [4.69, 9.17) is 11.6 Å². The minimum absolute atomic E-state index is 0. The van der Waals surface area contributed by atoms with Crippen molar-refractivity contribution >= 4 is 42.3 Å². The van der Waals surface area contributed by atoms with Gasteiger partial charge in [0, 0.05) is 49.7 Å².